The number of benzene rings is 2. The van der Waals surface area contributed by atoms with E-state index in [-0.39, 0.29) is 5.91 Å². The number of morpholine rings is 1. The Balaban J connectivity index is 1.43. The quantitative estimate of drug-likeness (QED) is 0.607. The smallest absolute Gasteiger partial charge is 0.257 e. The second-order valence-corrected chi connectivity index (χ2v) is 8.93. The number of carbonyl (C=O) groups is 1. The molecular weight excluding hydrogens is 398 g/mol. The average molecular weight is 426 g/mol. The van der Waals surface area contributed by atoms with Crippen LogP contribution in [-0.2, 0) is 11.3 Å². The highest BCUT2D eigenvalue weighted by molar-refractivity contribution is 7.22. The molecule has 2 aromatic carbocycles. The fraction of sp³-hybridized carbons (Fsp3) is 0.391. The van der Waals surface area contributed by atoms with Crippen molar-refractivity contribution in [2.75, 3.05) is 38.2 Å². The second kappa shape index (κ2) is 9.55. The first-order chi connectivity index (χ1) is 14.6. The molecule has 2 heterocycles. The Morgan fingerprint density at radius 1 is 1.23 bits per heavy atom. The molecule has 4 rings (SSSR count). The zero-order valence-corrected chi connectivity index (χ0v) is 18.2. The Hall–Kier alpha value is -2.48. The van der Waals surface area contributed by atoms with Crippen LogP contribution in [0.4, 0.5) is 5.13 Å². The zero-order valence-electron chi connectivity index (χ0n) is 17.4. The van der Waals surface area contributed by atoms with Gasteiger partial charge in [-0.1, -0.05) is 37.3 Å². The molecule has 1 saturated heterocycles. The third-order valence-corrected chi connectivity index (χ3v) is 5.80. The number of thiazole rings is 1. The van der Waals surface area contributed by atoms with Crippen LogP contribution >= 0.6 is 11.3 Å². The molecule has 6 nitrogen and oxygen atoms in total. The molecule has 1 fully saturated rings. The molecule has 0 saturated carbocycles. The third-order valence-electron chi connectivity index (χ3n) is 4.86. The first kappa shape index (κ1) is 20.8. The van der Waals surface area contributed by atoms with Gasteiger partial charge in [-0.3, -0.25) is 15.0 Å². The van der Waals surface area contributed by atoms with Gasteiger partial charge < -0.3 is 9.47 Å². The Kier molecular flexibility index (Phi) is 6.62. The number of aromatic nitrogens is 1. The lowest BCUT2D eigenvalue weighted by atomic mass is 10.2. The van der Waals surface area contributed by atoms with E-state index in [1.54, 1.807) is 12.1 Å². The van der Waals surface area contributed by atoms with Crippen LogP contribution in [0.3, 0.4) is 0 Å². The lowest BCUT2D eigenvalue weighted by molar-refractivity contribution is 0.0342. The predicted octanol–water partition coefficient (Wildman–Crippen LogP) is 4.42. The normalized spacial score (nSPS) is 14.9. The maximum Gasteiger partial charge on any atom is 0.257 e. The number of nitrogens with zero attached hydrogens (tertiary/aromatic N) is 2. The van der Waals surface area contributed by atoms with Crippen molar-refractivity contribution >= 4 is 32.6 Å². The molecular formula is C23H27N3O3S. The van der Waals surface area contributed by atoms with Crippen LogP contribution in [0.25, 0.3) is 10.2 Å². The first-order valence-corrected chi connectivity index (χ1v) is 11.1. The van der Waals surface area contributed by atoms with Gasteiger partial charge in [0.2, 0.25) is 0 Å². The second-order valence-electron chi connectivity index (χ2n) is 7.90. The minimum Gasteiger partial charge on any atom is -0.493 e. The molecule has 1 aliphatic rings. The van der Waals surface area contributed by atoms with Crippen molar-refractivity contribution < 1.29 is 14.3 Å². The summed E-state index contributed by atoms with van der Waals surface area (Å²) in [6.07, 6.45) is 0. The van der Waals surface area contributed by atoms with Crippen LogP contribution in [-0.4, -0.2) is 48.7 Å². The molecule has 0 aliphatic carbocycles. The number of nitrogens with one attached hydrogen (secondary N) is 1. The molecule has 158 valence electrons. The van der Waals surface area contributed by atoms with Crippen molar-refractivity contribution in [3.63, 3.8) is 0 Å². The van der Waals surface area contributed by atoms with Crippen LogP contribution in [0.1, 0.15) is 29.8 Å². The summed E-state index contributed by atoms with van der Waals surface area (Å²) < 4.78 is 12.2. The maximum absolute atomic E-state index is 12.7. The van der Waals surface area contributed by atoms with Gasteiger partial charge in [0.15, 0.2) is 5.13 Å². The summed E-state index contributed by atoms with van der Waals surface area (Å²) in [7, 11) is 0. The molecule has 1 aromatic heterocycles. The van der Waals surface area contributed by atoms with Gasteiger partial charge in [0, 0.05) is 25.2 Å². The maximum atomic E-state index is 12.7. The zero-order chi connectivity index (χ0) is 20.9. The fourth-order valence-electron chi connectivity index (χ4n) is 3.30. The van der Waals surface area contributed by atoms with Crippen molar-refractivity contribution in [3.05, 3.63) is 53.6 Å². The average Bonchev–Trinajstić information content (AvgIpc) is 3.14. The van der Waals surface area contributed by atoms with E-state index in [0.717, 1.165) is 43.1 Å². The number of anilines is 1. The lowest BCUT2D eigenvalue weighted by Gasteiger charge is -2.26. The fourth-order valence-corrected chi connectivity index (χ4v) is 4.22. The molecule has 7 heteroatoms. The van der Waals surface area contributed by atoms with Crippen LogP contribution in [0.2, 0.25) is 0 Å². The number of carbonyl (C=O) groups excluding carboxylic acids is 1. The van der Waals surface area contributed by atoms with Gasteiger partial charge in [0.1, 0.15) is 5.75 Å². The molecule has 1 amide bonds. The molecule has 3 aromatic rings. The molecule has 0 unspecified atom stereocenters. The summed E-state index contributed by atoms with van der Waals surface area (Å²) >= 11 is 1.50. The number of fused-ring (bicyclic) bond motifs is 1. The summed E-state index contributed by atoms with van der Waals surface area (Å²) in [4.78, 5) is 19.7. The number of amides is 1. The van der Waals surface area contributed by atoms with Gasteiger partial charge >= 0.3 is 0 Å². The molecule has 0 radical (unpaired) electrons. The van der Waals surface area contributed by atoms with Gasteiger partial charge in [-0.15, -0.1) is 0 Å². The SMILES string of the molecule is CC(C)COc1cccc(C(=O)Nc2nc3ccc(CN4CCOCC4)cc3s2)c1. The van der Waals surface area contributed by atoms with E-state index in [1.807, 2.05) is 18.2 Å². The van der Waals surface area contributed by atoms with Crippen LogP contribution in [0, 0.1) is 5.92 Å². The lowest BCUT2D eigenvalue weighted by Crippen LogP contribution is -2.35. The molecule has 0 spiro atoms. The number of ether oxygens (including phenoxy) is 2. The van der Waals surface area contributed by atoms with E-state index < -0.39 is 0 Å². The highest BCUT2D eigenvalue weighted by Crippen LogP contribution is 2.28. The summed E-state index contributed by atoms with van der Waals surface area (Å²) in [5.74, 6) is 0.948. The summed E-state index contributed by atoms with van der Waals surface area (Å²) in [5, 5.41) is 3.53. The van der Waals surface area contributed by atoms with E-state index in [4.69, 9.17) is 9.47 Å². The highest BCUT2D eigenvalue weighted by Gasteiger charge is 2.14. The summed E-state index contributed by atoms with van der Waals surface area (Å²) in [6.45, 7) is 9.22. The van der Waals surface area contributed by atoms with Crippen LogP contribution in [0.5, 0.6) is 5.75 Å². The molecule has 30 heavy (non-hydrogen) atoms. The topological polar surface area (TPSA) is 63.7 Å². The third kappa shape index (κ3) is 5.36. The van der Waals surface area contributed by atoms with Crippen molar-refractivity contribution in [1.29, 1.82) is 0 Å². The molecule has 1 N–H and O–H groups in total. The van der Waals surface area contributed by atoms with E-state index >= 15 is 0 Å². The van der Waals surface area contributed by atoms with E-state index in [9.17, 15) is 4.79 Å². The van der Waals surface area contributed by atoms with Crippen molar-refractivity contribution in [2.45, 2.75) is 20.4 Å². The minimum absolute atomic E-state index is 0.183. The Morgan fingerprint density at radius 3 is 2.87 bits per heavy atom. The van der Waals surface area contributed by atoms with E-state index in [0.29, 0.717) is 29.0 Å². The van der Waals surface area contributed by atoms with E-state index in [1.165, 1.54) is 16.9 Å². The van der Waals surface area contributed by atoms with Crippen LogP contribution < -0.4 is 10.1 Å². The van der Waals surface area contributed by atoms with Gasteiger partial charge in [-0.05, 0) is 41.8 Å². The monoisotopic (exact) mass is 425 g/mol. The molecule has 1 aliphatic heterocycles. The van der Waals surface area contributed by atoms with E-state index in [2.05, 4.69) is 41.2 Å². The Labute approximate surface area is 180 Å². The Bertz CT molecular complexity index is 1010. The number of hydrogen-bond acceptors (Lipinski definition) is 6. The highest BCUT2D eigenvalue weighted by atomic mass is 32.1. The standard InChI is InChI=1S/C23H27N3O3S/c1-16(2)15-29-19-5-3-4-18(13-19)22(27)25-23-24-20-7-6-17(12-21(20)30-23)14-26-8-10-28-11-9-26/h3-7,12-13,16H,8-11,14-15H2,1-2H3,(H,24,25,27). The minimum atomic E-state index is -0.183. The van der Waals surface area contributed by atoms with Gasteiger partial charge in [0.05, 0.1) is 30.0 Å². The van der Waals surface area contributed by atoms with Crippen molar-refractivity contribution in [2.24, 2.45) is 5.92 Å². The number of rotatable bonds is 7. The van der Waals surface area contributed by atoms with Crippen LogP contribution in [0.15, 0.2) is 42.5 Å². The summed E-state index contributed by atoms with van der Waals surface area (Å²) in [6, 6.07) is 13.6. The van der Waals surface area contributed by atoms with Gasteiger partial charge in [-0.2, -0.15) is 0 Å². The van der Waals surface area contributed by atoms with Gasteiger partial charge in [0.25, 0.3) is 5.91 Å². The predicted molar refractivity (Wildman–Crippen MR) is 120 cm³/mol. The Morgan fingerprint density at radius 2 is 2.07 bits per heavy atom. The van der Waals surface area contributed by atoms with Crippen molar-refractivity contribution in [3.8, 4) is 5.75 Å². The molecule has 0 bridgehead atoms. The first-order valence-electron chi connectivity index (χ1n) is 10.3. The van der Waals surface area contributed by atoms with Gasteiger partial charge in [-0.25, -0.2) is 4.98 Å². The van der Waals surface area contributed by atoms with Crippen molar-refractivity contribution in [1.82, 2.24) is 9.88 Å². The molecule has 0 atom stereocenters. The largest absolute Gasteiger partial charge is 0.493 e. The summed E-state index contributed by atoms with van der Waals surface area (Å²) in [5.41, 5.74) is 2.71. The number of hydrogen-bond donors (Lipinski definition) is 1.